The van der Waals surface area contributed by atoms with Gasteiger partial charge in [0.15, 0.2) is 5.84 Å². The summed E-state index contributed by atoms with van der Waals surface area (Å²) < 4.78 is 0. The molecule has 0 unspecified atom stereocenters. The molecule has 0 aromatic rings. The molecule has 19 heavy (non-hydrogen) atoms. The standard InChI is InChI=1S/C12H24N4O2S/c1-12(2,11(13)14-18)16-7-5-15(6-8-16)10(17)4-9-19-3/h18H,4-9H2,1-3H3,(H2,13,14). The van der Waals surface area contributed by atoms with Crippen molar-refractivity contribution in [3.05, 3.63) is 0 Å². The molecule has 0 spiro atoms. The molecule has 6 nitrogen and oxygen atoms in total. The maximum absolute atomic E-state index is 11.9. The minimum Gasteiger partial charge on any atom is -0.409 e. The van der Waals surface area contributed by atoms with Gasteiger partial charge in [0.05, 0.1) is 5.54 Å². The Morgan fingerprint density at radius 1 is 1.37 bits per heavy atom. The van der Waals surface area contributed by atoms with Crippen molar-refractivity contribution in [2.24, 2.45) is 10.9 Å². The van der Waals surface area contributed by atoms with Crippen molar-refractivity contribution in [2.45, 2.75) is 25.8 Å². The van der Waals surface area contributed by atoms with E-state index in [9.17, 15) is 4.79 Å². The van der Waals surface area contributed by atoms with Crippen LogP contribution in [0.25, 0.3) is 0 Å². The number of thioether (sulfide) groups is 1. The van der Waals surface area contributed by atoms with E-state index in [-0.39, 0.29) is 11.7 Å². The van der Waals surface area contributed by atoms with Gasteiger partial charge in [-0.25, -0.2) is 0 Å². The van der Waals surface area contributed by atoms with Crippen molar-refractivity contribution < 1.29 is 10.0 Å². The van der Waals surface area contributed by atoms with E-state index in [0.29, 0.717) is 19.5 Å². The highest BCUT2D eigenvalue weighted by Crippen LogP contribution is 2.17. The van der Waals surface area contributed by atoms with Crippen LogP contribution in [0.2, 0.25) is 0 Å². The van der Waals surface area contributed by atoms with E-state index in [2.05, 4.69) is 10.1 Å². The summed E-state index contributed by atoms with van der Waals surface area (Å²) >= 11 is 1.69. The number of hydrogen-bond acceptors (Lipinski definition) is 5. The SMILES string of the molecule is CSCCC(=O)N1CCN(C(C)(C)C(N)=NO)CC1. The molecular formula is C12H24N4O2S. The van der Waals surface area contributed by atoms with E-state index in [4.69, 9.17) is 10.9 Å². The minimum atomic E-state index is -0.483. The van der Waals surface area contributed by atoms with Crippen LogP contribution in [0, 0.1) is 0 Å². The van der Waals surface area contributed by atoms with Gasteiger partial charge in [-0.15, -0.1) is 0 Å². The Labute approximate surface area is 119 Å². The first-order valence-electron chi connectivity index (χ1n) is 6.43. The van der Waals surface area contributed by atoms with Crippen molar-refractivity contribution in [1.29, 1.82) is 0 Å². The number of amides is 1. The number of nitrogens with two attached hydrogens (primary N) is 1. The Morgan fingerprint density at radius 3 is 2.42 bits per heavy atom. The van der Waals surface area contributed by atoms with Crippen molar-refractivity contribution in [3.8, 4) is 0 Å². The fourth-order valence-electron chi connectivity index (χ4n) is 2.15. The lowest BCUT2D eigenvalue weighted by molar-refractivity contribution is -0.133. The fraction of sp³-hybridized carbons (Fsp3) is 0.833. The van der Waals surface area contributed by atoms with Crippen LogP contribution < -0.4 is 5.73 Å². The van der Waals surface area contributed by atoms with E-state index in [1.165, 1.54) is 0 Å². The molecule has 0 aromatic carbocycles. The molecule has 1 rings (SSSR count). The maximum Gasteiger partial charge on any atom is 0.223 e. The number of nitrogens with zero attached hydrogens (tertiary/aromatic N) is 3. The van der Waals surface area contributed by atoms with E-state index in [1.807, 2.05) is 25.0 Å². The number of hydrogen-bond donors (Lipinski definition) is 2. The lowest BCUT2D eigenvalue weighted by atomic mass is 10.00. The molecule has 1 amide bonds. The van der Waals surface area contributed by atoms with Gasteiger partial charge < -0.3 is 15.8 Å². The predicted molar refractivity (Wildman–Crippen MR) is 78.6 cm³/mol. The average molecular weight is 288 g/mol. The quantitative estimate of drug-likeness (QED) is 0.331. The Hall–Kier alpha value is -0.950. The van der Waals surface area contributed by atoms with E-state index < -0.39 is 5.54 Å². The normalized spacial score (nSPS) is 18.7. The van der Waals surface area contributed by atoms with E-state index in [1.54, 1.807) is 11.8 Å². The molecule has 0 aliphatic carbocycles. The van der Waals surface area contributed by atoms with Gasteiger partial charge in [-0.2, -0.15) is 11.8 Å². The number of amidine groups is 1. The predicted octanol–water partition coefficient (Wildman–Crippen LogP) is 0.409. The summed E-state index contributed by atoms with van der Waals surface area (Å²) in [7, 11) is 0. The molecule has 0 atom stereocenters. The molecule has 7 heteroatoms. The largest absolute Gasteiger partial charge is 0.409 e. The molecule has 1 aliphatic rings. The summed E-state index contributed by atoms with van der Waals surface area (Å²) in [6.07, 6.45) is 2.61. The highest BCUT2D eigenvalue weighted by atomic mass is 32.2. The number of oxime groups is 1. The lowest BCUT2D eigenvalue weighted by Gasteiger charge is -2.43. The van der Waals surface area contributed by atoms with Gasteiger partial charge in [-0.1, -0.05) is 5.16 Å². The van der Waals surface area contributed by atoms with Crippen LogP contribution in [0.5, 0.6) is 0 Å². The zero-order valence-electron chi connectivity index (χ0n) is 11.9. The molecule has 1 aliphatic heterocycles. The van der Waals surface area contributed by atoms with Crippen molar-refractivity contribution >= 4 is 23.5 Å². The van der Waals surface area contributed by atoms with Crippen LogP contribution in [-0.4, -0.2) is 70.5 Å². The molecule has 3 N–H and O–H groups in total. The Kier molecular flexibility index (Phi) is 5.93. The lowest BCUT2D eigenvalue weighted by Crippen LogP contribution is -2.60. The second-order valence-electron chi connectivity index (χ2n) is 5.15. The molecule has 0 bridgehead atoms. The van der Waals surface area contributed by atoms with Crippen LogP contribution in [0.4, 0.5) is 0 Å². The number of carbonyl (C=O) groups is 1. The smallest absolute Gasteiger partial charge is 0.223 e. The fourth-order valence-corrected chi connectivity index (χ4v) is 2.53. The second kappa shape index (κ2) is 7.00. The highest BCUT2D eigenvalue weighted by Gasteiger charge is 2.34. The molecule has 110 valence electrons. The van der Waals surface area contributed by atoms with Crippen LogP contribution >= 0.6 is 11.8 Å². The van der Waals surface area contributed by atoms with Gasteiger partial charge in [-0.05, 0) is 20.1 Å². The molecule has 1 heterocycles. The second-order valence-corrected chi connectivity index (χ2v) is 6.14. The first-order chi connectivity index (χ1) is 8.93. The van der Waals surface area contributed by atoms with Crippen molar-refractivity contribution in [1.82, 2.24) is 9.80 Å². The van der Waals surface area contributed by atoms with Crippen molar-refractivity contribution in [3.63, 3.8) is 0 Å². The first-order valence-corrected chi connectivity index (χ1v) is 7.82. The molecule has 1 fully saturated rings. The third kappa shape index (κ3) is 4.01. The van der Waals surface area contributed by atoms with Crippen LogP contribution in [0.15, 0.2) is 5.16 Å². The summed E-state index contributed by atoms with van der Waals surface area (Å²) in [6, 6.07) is 0. The molecule has 1 saturated heterocycles. The summed E-state index contributed by atoms with van der Waals surface area (Å²) in [5.41, 5.74) is 5.23. The van der Waals surface area contributed by atoms with Gasteiger partial charge >= 0.3 is 0 Å². The number of piperazine rings is 1. The highest BCUT2D eigenvalue weighted by molar-refractivity contribution is 7.98. The zero-order chi connectivity index (χ0) is 14.5. The Bertz CT molecular complexity index is 339. The van der Waals surface area contributed by atoms with Gasteiger partial charge in [0.25, 0.3) is 0 Å². The van der Waals surface area contributed by atoms with Crippen LogP contribution in [-0.2, 0) is 4.79 Å². The topological polar surface area (TPSA) is 82.2 Å². The summed E-state index contributed by atoms with van der Waals surface area (Å²) in [5.74, 6) is 1.29. The van der Waals surface area contributed by atoms with Gasteiger partial charge in [0, 0.05) is 38.4 Å². The van der Waals surface area contributed by atoms with Crippen LogP contribution in [0.3, 0.4) is 0 Å². The van der Waals surface area contributed by atoms with Crippen molar-refractivity contribution in [2.75, 3.05) is 38.2 Å². The zero-order valence-corrected chi connectivity index (χ0v) is 12.7. The monoisotopic (exact) mass is 288 g/mol. The minimum absolute atomic E-state index is 0.203. The maximum atomic E-state index is 11.9. The summed E-state index contributed by atoms with van der Waals surface area (Å²) in [5, 5.41) is 11.9. The van der Waals surface area contributed by atoms with E-state index >= 15 is 0 Å². The summed E-state index contributed by atoms with van der Waals surface area (Å²) in [6.45, 7) is 6.74. The molecule has 0 saturated carbocycles. The Balaban J connectivity index is 2.51. The third-order valence-corrected chi connectivity index (χ3v) is 4.29. The number of carbonyl (C=O) groups excluding carboxylic acids is 1. The van der Waals surface area contributed by atoms with Gasteiger partial charge in [0.1, 0.15) is 0 Å². The van der Waals surface area contributed by atoms with Crippen LogP contribution in [0.1, 0.15) is 20.3 Å². The summed E-state index contributed by atoms with van der Waals surface area (Å²) in [4.78, 5) is 15.9. The molecule has 0 radical (unpaired) electrons. The Morgan fingerprint density at radius 2 is 1.95 bits per heavy atom. The third-order valence-electron chi connectivity index (χ3n) is 3.68. The molecular weight excluding hydrogens is 264 g/mol. The van der Waals surface area contributed by atoms with Gasteiger partial charge in [0.2, 0.25) is 5.91 Å². The molecule has 0 aromatic heterocycles. The average Bonchev–Trinajstić information content (AvgIpc) is 2.43. The number of rotatable bonds is 5. The van der Waals surface area contributed by atoms with E-state index in [0.717, 1.165) is 18.8 Å². The first kappa shape index (κ1) is 16.1. The van der Waals surface area contributed by atoms with Gasteiger partial charge in [-0.3, -0.25) is 9.69 Å².